The van der Waals surface area contributed by atoms with Crippen molar-refractivity contribution in [2.45, 2.75) is 18.9 Å². The van der Waals surface area contributed by atoms with Gasteiger partial charge in [-0.15, -0.1) is 0 Å². The van der Waals surface area contributed by atoms with Gasteiger partial charge < -0.3 is 0 Å². The minimum atomic E-state index is -3.95. The summed E-state index contributed by atoms with van der Waals surface area (Å²) in [5.74, 6) is -1.27. The Morgan fingerprint density at radius 2 is 2.00 bits per heavy atom. The fourth-order valence-electron chi connectivity index (χ4n) is 1.77. The molecule has 2 rings (SSSR count). The number of benzene rings is 1. The molecule has 1 aliphatic rings. The SMILES string of the molecule is NS(=O)(=O)N[C@H](c1cc(F)ccc1F)C1CC1. The lowest BCUT2D eigenvalue weighted by atomic mass is 10.0. The molecule has 4 nitrogen and oxygen atoms in total. The van der Waals surface area contributed by atoms with E-state index in [1.165, 1.54) is 0 Å². The van der Waals surface area contributed by atoms with Crippen LogP contribution >= 0.6 is 0 Å². The second kappa shape index (κ2) is 4.32. The summed E-state index contributed by atoms with van der Waals surface area (Å²) in [7, 11) is -3.95. The topological polar surface area (TPSA) is 72.2 Å². The van der Waals surface area contributed by atoms with E-state index < -0.39 is 27.9 Å². The van der Waals surface area contributed by atoms with E-state index in [9.17, 15) is 17.2 Å². The Morgan fingerprint density at radius 3 is 2.53 bits per heavy atom. The van der Waals surface area contributed by atoms with Crippen molar-refractivity contribution in [1.29, 1.82) is 0 Å². The van der Waals surface area contributed by atoms with Crippen LogP contribution in [0.15, 0.2) is 18.2 Å². The highest BCUT2D eigenvalue weighted by Gasteiger charge is 2.35. The molecular weight excluding hydrogens is 250 g/mol. The van der Waals surface area contributed by atoms with Crippen molar-refractivity contribution in [3.63, 3.8) is 0 Å². The maximum atomic E-state index is 13.5. The molecule has 0 aliphatic heterocycles. The van der Waals surface area contributed by atoms with Crippen molar-refractivity contribution in [2.24, 2.45) is 11.1 Å². The summed E-state index contributed by atoms with van der Waals surface area (Å²) in [5, 5.41) is 4.87. The molecule has 1 aromatic rings. The van der Waals surface area contributed by atoms with Gasteiger partial charge in [0.05, 0.1) is 6.04 Å². The lowest BCUT2D eigenvalue weighted by Crippen LogP contribution is -2.35. The van der Waals surface area contributed by atoms with Crippen LogP contribution in [0.2, 0.25) is 0 Å². The van der Waals surface area contributed by atoms with Crippen LogP contribution in [0.4, 0.5) is 8.78 Å². The molecule has 94 valence electrons. The molecular formula is C10H12F2N2O2S. The fraction of sp³-hybridized carbons (Fsp3) is 0.400. The Bertz CT molecular complexity index is 529. The van der Waals surface area contributed by atoms with Crippen molar-refractivity contribution >= 4 is 10.2 Å². The molecule has 0 radical (unpaired) electrons. The molecule has 17 heavy (non-hydrogen) atoms. The standard InChI is InChI=1S/C10H12F2N2O2S/c11-7-3-4-9(12)8(5-7)10(6-1-2-6)14-17(13,15)16/h3-6,10,14H,1-2H2,(H2,13,15,16)/t10-/m0/s1. The van der Waals surface area contributed by atoms with E-state index >= 15 is 0 Å². The predicted molar refractivity (Wildman–Crippen MR) is 58.1 cm³/mol. The van der Waals surface area contributed by atoms with Crippen LogP contribution in [-0.2, 0) is 10.2 Å². The first-order valence-electron chi connectivity index (χ1n) is 5.12. The molecule has 0 unspecified atom stereocenters. The van der Waals surface area contributed by atoms with Crippen LogP contribution in [-0.4, -0.2) is 8.42 Å². The molecule has 0 aromatic heterocycles. The van der Waals surface area contributed by atoms with Gasteiger partial charge in [-0.2, -0.15) is 13.1 Å². The van der Waals surface area contributed by atoms with Gasteiger partial charge in [0, 0.05) is 5.56 Å². The minimum absolute atomic E-state index is 0.00141. The van der Waals surface area contributed by atoms with Gasteiger partial charge >= 0.3 is 0 Å². The number of hydrogen-bond donors (Lipinski definition) is 2. The number of nitrogens with one attached hydrogen (secondary N) is 1. The summed E-state index contributed by atoms with van der Waals surface area (Å²) < 4.78 is 50.7. The average Bonchev–Trinajstić information content (AvgIpc) is 3.00. The summed E-state index contributed by atoms with van der Waals surface area (Å²) in [4.78, 5) is 0. The molecule has 7 heteroatoms. The van der Waals surface area contributed by atoms with E-state index in [0.717, 1.165) is 31.0 Å². The van der Waals surface area contributed by atoms with Crippen molar-refractivity contribution in [3.8, 4) is 0 Å². The van der Waals surface area contributed by atoms with E-state index in [0.29, 0.717) is 0 Å². The van der Waals surface area contributed by atoms with E-state index in [-0.39, 0.29) is 11.5 Å². The Kier molecular flexibility index (Phi) is 3.15. The maximum absolute atomic E-state index is 13.5. The summed E-state index contributed by atoms with van der Waals surface area (Å²) in [5.41, 5.74) is 0.00141. The summed E-state index contributed by atoms with van der Waals surface area (Å²) in [6.45, 7) is 0. The maximum Gasteiger partial charge on any atom is 0.274 e. The minimum Gasteiger partial charge on any atom is -0.216 e. The molecule has 1 fully saturated rings. The third kappa shape index (κ3) is 3.21. The second-order valence-electron chi connectivity index (χ2n) is 4.14. The first-order valence-corrected chi connectivity index (χ1v) is 6.66. The van der Waals surface area contributed by atoms with Crippen molar-refractivity contribution < 1.29 is 17.2 Å². The van der Waals surface area contributed by atoms with E-state index in [1.54, 1.807) is 0 Å². The van der Waals surface area contributed by atoms with E-state index in [4.69, 9.17) is 5.14 Å². The zero-order valence-electron chi connectivity index (χ0n) is 8.86. The van der Waals surface area contributed by atoms with E-state index in [2.05, 4.69) is 4.72 Å². The molecule has 1 aliphatic carbocycles. The smallest absolute Gasteiger partial charge is 0.216 e. The number of hydrogen-bond acceptors (Lipinski definition) is 2. The summed E-state index contributed by atoms with van der Waals surface area (Å²) >= 11 is 0. The highest BCUT2D eigenvalue weighted by molar-refractivity contribution is 7.87. The molecule has 0 saturated heterocycles. The molecule has 0 bridgehead atoms. The van der Waals surface area contributed by atoms with Gasteiger partial charge in [0.25, 0.3) is 10.2 Å². The summed E-state index contributed by atoms with van der Waals surface area (Å²) in [6, 6.07) is 2.17. The predicted octanol–water partition coefficient (Wildman–Crippen LogP) is 1.21. The van der Waals surface area contributed by atoms with Gasteiger partial charge in [0.1, 0.15) is 11.6 Å². The molecule has 0 heterocycles. The number of halogens is 2. The van der Waals surface area contributed by atoms with Gasteiger partial charge in [0.2, 0.25) is 0 Å². The second-order valence-corrected chi connectivity index (χ2v) is 5.47. The molecule has 0 spiro atoms. The quantitative estimate of drug-likeness (QED) is 0.856. The number of nitrogens with two attached hydrogens (primary N) is 1. The van der Waals surface area contributed by atoms with Gasteiger partial charge in [-0.25, -0.2) is 13.9 Å². The van der Waals surface area contributed by atoms with Crippen LogP contribution in [0.25, 0.3) is 0 Å². The zero-order valence-corrected chi connectivity index (χ0v) is 9.68. The Hall–Kier alpha value is -1.05. The van der Waals surface area contributed by atoms with Crippen molar-refractivity contribution in [3.05, 3.63) is 35.4 Å². The van der Waals surface area contributed by atoms with Crippen molar-refractivity contribution in [1.82, 2.24) is 4.72 Å². The Balaban J connectivity index is 2.35. The van der Waals surface area contributed by atoms with Crippen LogP contribution in [0.3, 0.4) is 0 Å². The zero-order chi connectivity index (χ0) is 12.6. The average molecular weight is 262 g/mol. The van der Waals surface area contributed by atoms with Gasteiger partial charge in [-0.1, -0.05) is 0 Å². The van der Waals surface area contributed by atoms with Crippen molar-refractivity contribution in [2.75, 3.05) is 0 Å². The third-order valence-electron chi connectivity index (χ3n) is 2.68. The molecule has 1 saturated carbocycles. The highest BCUT2D eigenvalue weighted by atomic mass is 32.2. The number of rotatable bonds is 4. The monoisotopic (exact) mass is 262 g/mol. The van der Waals surface area contributed by atoms with Gasteiger partial charge in [0.15, 0.2) is 0 Å². The van der Waals surface area contributed by atoms with Crippen LogP contribution in [0.1, 0.15) is 24.4 Å². The molecule has 0 amide bonds. The molecule has 1 atom stereocenters. The molecule has 3 N–H and O–H groups in total. The first-order chi connectivity index (χ1) is 7.87. The van der Waals surface area contributed by atoms with Crippen LogP contribution < -0.4 is 9.86 Å². The summed E-state index contributed by atoms with van der Waals surface area (Å²) in [6.07, 6.45) is 1.53. The van der Waals surface area contributed by atoms with Crippen LogP contribution in [0.5, 0.6) is 0 Å². The van der Waals surface area contributed by atoms with Crippen LogP contribution in [0, 0.1) is 17.6 Å². The largest absolute Gasteiger partial charge is 0.274 e. The first kappa shape index (κ1) is 12.4. The van der Waals surface area contributed by atoms with E-state index in [1.807, 2.05) is 0 Å². The fourth-order valence-corrected chi connectivity index (χ4v) is 2.45. The highest BCUT2D eigenvalue weighted by Crippen LogP contribution is 2.42. The molecule has 1 aromatic carbocycles. The van der Waals surface area contributed by atoms with Gasteiger partial charge in [-0.3, -0.25) is 0 Å². The van der Waals surface area contributed by atoms with Gasteiger partial charge in [-0.05, 0) is 37.0 Å². The third-order valence-corrected chi connectivity index (χ3v) is 3.26. The Labute approximate surface area is 98.0 Å². The normalized spacial score (nSPS) is 18.1. The Morgan fingerprint density at radius 1 is 1.35 bits per heavy atom. The lowest BCUT2D eigenvalue weighted by Gasteiger charge is -2.17. The lowest BCUT2D eigenvalue weighted by molar-refractivity contribution is 0.498.